The minimum Gasteiger partial charge on any atom is -0.434 e. The van der Waals surface area contributed by atoms with Gasteiger partial charge in [0, 0.05) is 39.6 Å². The second kappa shape index (κ2) is 12.8. The Morgan fingerprint density at radius 1 is 0.377 bits per heavy atom. The quantitative estimate of drug-likeness (QED) is 0.174. The fourth-order valence-electron chi connectivity index (χ4n) is 6.84. The van der Waals surface area contributed by atoms with Crippen LogP contribution in [0.25, 0.3) is 101 Å². The molecule has 4 aromatic heterocycles. The Morgan fingerprint density at radius 2 is 0.943 bits per heavy atom. The number of hydrogen-bond acceptors (Lipinski definition) is 6. The van der Waals surface area contributed by atoms with Crippen molar-refractivity contribution < 1.29 is 4.42 Å². The van der Waals surface area contributed by atoms with E-state index in [1.165, 1.54) is 0 Å². The summed E-state index contributed by atoms with van der Waals surface area (Å²) in [6.45, 7) is 0. The molecule has 0 N–H and O–H groups in total. The molecule has 6 nitrogen and oxygen atoms in total. The molecule has 10 rings (SSSR count). The van der Waals surface area contributed by atoms with Gasteiger partial charge in [-0.3, -0.25) is 0 Å². The van der Waals surface area contributed by atoms with Crippen LogP contribution in [0.15, 0.2) is 180 Å². The van der Waals surface area contributed by atoms with E-state index < -0.39 is 0 Å². The Kier molecular flexibility index (Phi) is 7.36. The van der Waals surface area contributed by atoms with Crippen molar-refractivity contribution in [1.82, 2.24) is 24.9 Å². The van der Waals surface area contributed by atoms with Gasteiger partial charge >= 0.3 is 0 Å². The summed E-state index contributed by atoms with van der Waals surface area (Å²) in [6.07, 6.45) is 1.85. The molecule has 0 spiro atoms. The second-order valence-electron chi connectivity index (χ2n) is 13.0. The van der Waals surface area contributed by atoms with Gasteiger partial charge in [0.05, 0.1) is 16.8 Å². The first-order chi connectivity index (χ1) is 26.2. The predicted octanol–water partition coefficient (Wildman–Crippen LogP) is 11.7. The molecule has 0 saturated heterocycles. The van der Waals surface area contributed by atoms with E-state index in [0.29, 0.717) is 28.6 Å². The van der Waals surface area contributed by atoms with Gasteiger partial charge in [-0.15, -0.1) is 0 Å². The third kappa shape index (κ3) is 5.69. The van der Waals surface area contributed by atoms with Crippen LogP contribution in [-0.4, -0.2) is 24.9 Å². The zero-order valence-electron chi connectivity index (χ0n) is 28.4. The third-order valence-electron chi connectivity index (χ3n) is 9.57. The zero-order chi connectivity index (χ0) is 35.1. The summed E-state index contributed by atoms with van der Waals surface area (Å²) in [5, 5.41) is 3.12. The lowest BCUT2D eigenvalue weighted by Gasteiger charge is -2.10. The summed E-state index contributed by atoms with van der Waals surface area (Å²) >= 11 is 0. The number of rotatable bonds is 6. The highest BCUT2D eigenvalue weighted by molar-refractivity contribution is 6.07. The Bertz CT molecular complexity index is 2870. The maximum atomic E-state index is 6.48. The minimum atomic E-state index is 0.519. The molecular formula is C47H29N5O. The predicted molar refractivity (Wildman–Crippen MR) is 213 cm³/mol. The SMILES string of the molecule is c1ccc(-c2cnc3oc4c(-c5ccc(-c6cc(-c7ccccc7)nc(-c7ccccc7)n6)cc5)nc(-c5ccc6ccccc6c5)nc4c3c2)cc1. The van der Waals surface area contributed by atoms with Crippen LogP contribution in [0.1, 0.15) is 0 Å². The van der Waals surface area contributed by atoms with E-state index in [2.05, 4.69) is 84.9 Å². The van der Waals surface area contributed by atoms with E-state index in [-0.39, 0.29) is 0 Å². The fraction of sp³-hybridized carbons (Fsp3) is 0. The van der Waals surface area contributed by atoms with E-state index in [1.54, 1.807) is 0 Å². The summed E-state index contributed by atoms with van der Waals surface area (Å²) in [5.74, 6) is 1.29. The molecule has 6 heteroatoms. The maximum absolute atomic E-state index is 6.48. The van der Waals surface area contributed by atoms with Crippen molar-refractivity contribution in [2.75, 3.05) is 0 Å². The van der Waals surface area contributed by atoms with Crippen LogP contribution >= 0.6 is 0 Å². The van der Waals surface area contributed by atoms with Gasteiger partial charge in [0.25, 0.3) is 0 Å². The molecule has 0 aliphatic carbocycles. The molecule has 0 radical (unpaired) electrons. The van der Waals surface area contributed by atoms with Gasteiger partial charge in [0.2, 0.25) is 5.71 Å². The molecule has 248 valence electrons. The Morgan fingerprint density at radius 3 is 1.66 bits per heavy atom. The molecule has 0 fully saturated rings. The van der Waals surface area contributed by atoms with Crippen molar-refractivity contribution >= 4 is 33.0 Å². The van der Waals surface area contributed by atoms with Crippen LogP contribution in [0.5, 0.6) is 0 Å². The largest absolute Gasteiger partial charge is 0.434 e. The highest BCUT2D eigenvalue weighted by Crippen LogP contribution is 2.38. The highest BCUT2D eigenvalue weighted by atomic mass is 16.3. The molecule has 10 aromatic rings. The van der Waals surface area contributed by atoms with Crippen LogP contribution < -0.4 is 0 Å². The minimum absolute atomic E-state index is 0.519. The molecule has 0 aliphatic heterocycles. The van der Waals surface area contributed by atoms with Crippen molar-refractivity contribution in [2.24, 2.45) is 0 Å². The first kappa shape index (κ1) is 30.5. The molecule has 6 aromatic carbocycles. The van der Waals surface area contributed by atoms with Crippen molar-refractivity contribution in [2.45, 2.75) is 0 Å². The average molecular weight is 680 g/mol. The molecule has 0 atom stereocenters. The van der Waals surface area contributed by atoms with Gasteiger partial charge in [0.1, 0.15) is 11.2 Å². The fourth-order valence-corrected chi connectivity index (χ4v) is 6.84. The van der Waals surface area contributed by atoms with E-state index in [4.69, 9.17) is 29.3 Å². The number of nitrogens with zero attached hydrogens (tertiary/aromatic N) is 5. The van der Waals surface area contributed by atoms with E-state index in [9.17, 15) is 0 Å². The van der Waals surface area contributed by atoms with Crippen molar-refractivity contribution in [3.63, 3.8) is 0 Å². The first-order valence-corrected chi connectivity index (χ1v) is 17.5. The molecule has 0 aliphatic rings. The van der Waals surface area contributed by atoms with Gasteiger partial charge in [0.15, 0.2) is 17.2 Å². The molecule has 53 heavy (non-hydrogen) atoms. The topological polar surface area (TPSA) is 77.6 Å². The van der Waals surface area contributed by atoms with Gasteiger partial charge in [-0.05, 0) is 34.5 Å². The molecule has 0 saturated carbocycles. The molecular weight excluding hydrogens is 651 g/mol. The lowest BCUT2D eigenvalue weighted by Crippen LogP contribution is -1.96. The van der Waals surface area contributed by atoms with Crippen LogP contribution in [-0.2, 0) is 0 Å². The summed E-state index contributed by atoms with van der Waals surface area (Å²) in [4.78, 5) is 25.0. The van der Waals surface area contributed by atoms with Crippen molar-refractivity contribution in [1.29, 1.82) is 0 Å². The Balaban J connectivity index is 1.13. The first-order valence-electron chi connectivity index (χ1n) is 17.5. The summed E-state index contributed by atoms with van der Waals surface area (Å²) in [7, 11) is 0. The number of pyridine rings is 1. The molecule has 4 heterocycles. The Hall–Kier alpha value is -7.31. The zero-order valence-corrected chi connectivity index (χ0v) is 28.4. The van der Waals surface area contributed by atoms with Gasteiger partial charge in [-0.1, -0.05) is 152 Å². The third-order valence-corrected chi connectivity index (χ3v) is 9.57. The summed E-state index contributed by atoms with van der Waals surface area (Å²) in [6, 6.07) is 57.7. The second-order valence-corrected chi connectivity index (χ2v) is 13.0. The van der Waals surface area contributed by atoms with E-state index in [1.807, 2.05) is 91.1 Å². The number of aromatic nitrogens is 5. The van der Waals surface area contributed by atoms with Gasteiger partial charge in [-0.25, -0.2) is 24.9 Å². The lowest BCUT2D eigenvalue weighted by molar-refractivity contribution is 0.653. The maximum Gasteiger partial charge on any atom is 0.229 e. The monoisotopic (exact) mass is 679 g/mol. The Labute approximate surface area is 305 Å². The molecule has 0 bridgehead atoms. The van der Waals surface area contributed by atoms with Crippen LogP contribution in [0, 0.1) is 0 Å². The van der Waals surface area contributed by atoms with E-state index >= 15 is 0 Å². The van der Waals surface area contributed by atoms with Crippen molar-refractivity contribution in [3.8, 4) is 67.7 Å². The normalized spacial score (nSPS) is 11.4. The molecule has 0 amide bonds. The number of hydrogen-bond donors (Lipinski definition) is 0. The molecule has 0 unspecified atom stereocenters. The number of fused-ring (bicyclic) bond motifs is 4. The summed E-state index contributed by atoms with van der Waals surface area (Å²) < 4.78 is 6.48. The number of furan rings is 1. The number of benzene rings is 6. The van der Waals surface area contributed by atoms with Crippen LogP contribution in [0.4, 0.5) is 0 Å². The van der Waals surface area contributed by atoms with Crippen LogP contribution in [0.2, 0.25) is 0 Å². The van der Waals surface area contributed by atoms with Crippen molar-refractivity contribution in [3.05, 3.63) is 176 Å². The van der Waals surface area contributed by atoms with E-state index in [0.717, 1.165) is 72.0 Å². The summed E-state index contributed by atoms with van der Waals surface area (Å²) in [5.41, 5.74) is 11.1. The van der Waals surface area contributed by atoms with Gasteiger partial charge in [-0.2, -0.15) is 0 Å². The smallest absolute Gasteiger partial charge is 0.229 e. The lowest BCUT2D eigenvalue weighted by atomic mass is 10.0. The standard InChI is InChI=1S/C47H29N5O/c1-4-12-30(13-5-1)38-27-39-43-44(53-47(39)48-29-38)42(51-46(52-43)37-25-20-31-14-10-11-19-36(31)26-37)34-23-21-33(22-24-34)41-28-40(32-15-6-2-7-16-32)49-45(50-41)35-17-8-3-9-18-35/h1-29H. The average Bonchev–Trinajstić information content (AvgIpc) is 3.62. The highest BCUT2D eigenvalue weighted by Gasteiger charge is 2.20. The van der Waals surface area contributed by atoms with Gasteiger partial charge < -0.3 is 4.42 Å². The van der Waals surface area contributed by atoms with Crippen LogP contribution in [0.3, 0.4) is 0 Å².